The van der Waals surface area contributed by atoms with E-state index in [2.05, 4.69) is 20.2 Å². The summed E-state index contributed by atoms with van der Waals surface area (Å²) in [6.07, 6.45) is 0.566. The van der Waals surface area contributed by atoms with Crippen LogP contribution in [-0.2, 0) is 32.0 Å². The molecule has 0 spiro atoms. The molecule has 5 heterocycles. The van der Waals surface area contributed by atoms with Gasteiger partial charge in [0.15, 0.2) is 11.4 Å². The Hall–Kier alpha value is -4.24. The maximum atomic E-state index is 14.2. The maximum absolute atomic E-state index is 14.2. The van der Waals surface area contributed by atoms with Crippen LogP contribution in [0.4, 0.5) is 29.5 Å². The van der Waals surface area contributed by atoms with E-state index in [1.807, 2.05) is 0 Å². The zero-order chi connectivity index (χ0) is 38.7. The fraction of sp³-hybridized carbons (Fsp3) is 0.605. The lowest BCUT2D eigenvalue weighted by atomic mass is 9.86. The number of furan rings is 1. The number of halogens is 3. The number of carbonyl (C=O) groups excluding carboxylic acids is 3. The first-order valence-electron chi connectivity index (χ1n) is 17.9. The van der Waals surface area contributed by atoms with Crippen molar-refractivity contribution in [1.82, 2.24) is 14.9 Å². The Morgan fingerprint density at radius 2 is 1.70 bits per heavy atom. The van der Waals surface area contributed by atoms with E-state index in [9.17, 15) is 27.6 Å². The van der Waals surface area contributed by atoms with Crippen LogP contribution in [0.15, 0.2) is 35.1 Å². The molecule has 2 fully saturated rings. The van der Waals surface area contributed by atoms with Crippen molar-refractivity contribution in [3.8, 4) is 0 Å². The number of ether oxygens (including phenoxy) is 3. The van der Waals surface area contributed by atoms with Crippen molar-refractivity contribution in [2.45, 2.75) is 104 Å². The highest BCUT2D eigenvalue weighted by atomic mass is 19.4. The van der Waals surface area contributed by atoms with Gasteiger partial charge in [-0.05, 0) is 84.4 Å². The van der Waals surface area contributed by atoms with E-state index in [0.29, 0.717) is 17.8 Å². The minimum atomic E-state index is -4.50. The molecule has 0 unspecified atom stereocenters. The lowest BCUT2D eigenvalue weighted by Crippen LogP contribution is -2.47. The van der Waals surface area contributed by atoms with Crippen molar-refractivity contribution in [2.75, 3.05) is 43.5 Å². The largest absolute Gasteiger partial charge is 0.460 e. The van der Waals surface area contributed by atoms with Crippen LogP contribution < -0.4 is 10.2 Å². The number of methoxy groups -OCH3 is 1. The highest BCUT2D eigenvalue weighted by molar-refractivity contribution is 6.12. The van der Waals surface area contributed by atoms with Gasteiger partial charge in [0.2, 0.25) is 5.88 Å². The van der Waals surface area contributed by atoms with Gasteiger partial charge in [0.05, 0.1) is 18.4 Å². The number of anilines is 2. The first-order chi connectivity index (χ1) is 24.8. The summed E-state index contributed by atoms with van der Waals surface area (Å²) in [6, 6.07) is 3.35. The molecular formula is C38H50F3N5O7. The molecule has 0 saturated carbocycles. The molecule has 5 rings (SSSR count). The van der Waals surface area contributed by atoms with Crippen molar-refractivity contribution in [2.24, 2.45) is 11.8 Å². The monoisotopic (exact) mass is 745 g/mol. The Kier molecular flexibility index (Phi) is 12.1. The van der Waals surface area contributed by atoms with E-state index in [4.69, 9.17) is 18.6 Å². The number of amides is 1. The second-order valence-electron chi connectivity index (χ2n) is 16.0. The molecule has 1 amide bonds. The lowest BCUT2D eigenvalue weighted by Gasteiger charge is -2.40. The van der Waals surface area contributed by atoms with Crippen LogP contribution >= 0.6 is 0 Å². The highest BCUT2D eigenvalue weighted by Gasteiger charge is 2.45. The number of ketones is 1. The Bertz CT molecular complexity index is 1770. The summed E-state index contributed by atoms with van der Waals surface area (Å²) < 4.78 is 65.1. The van der Waals surface area contributed by atoms with Gasteiger partial charge in [0, 0.05) is 76.1 Å². The summed E-state index contributed by atoms with van der Waals surface area (Å²) in [4.78, 5) is 52.4. The summed E-state index contributed by atoms with van der Waals surface area (Å²) >= 11 is 0. The second-order valence-corrected chi connectivity index (χ2v) is 16.0. The molecule has 290 valence electrons. The minimum Gasteiger partial charge on any atom is -0.460 e. The number of nitrogens with zero attached hydrogens (tertiary/aromatic N) is 4. The van der Waals surface area contributed by atoms with Crippen molar-refractivity contribution < 1.29 is 46.2 Å². The molecule has 0 bridgehead atoms. The Labute approximate surface area is 307 Å². The summed E-state index contributed by atoms with van der Waals surface area (Å²) in [7, 11) is 1.72. The summed E-state index contributed by atoms with van der Waals surface area (Å²) in [5, 5.41) is 2.57. The number of hydrogen-bond donors (Lipinski definition) is 1. The van der Waals surface area contributed by atoms with E-state index < -0.39 is 47.1 Å². The maximum Gasteiger partial charge on any atom is 0.414 e. The highest BCUT2D eigenvalue weighted by Crippen LogP contribution is 2.40. The number of carbonyl (C=O) groups is 3. The van der Waals surface area contributed by atoms with Gasteiger partial charge >= 0.3 is 18.2 Å². The minimum absolute atomic E-state index is 0.00253. The summed E-state index contributed by atoms with van der Waals surface area (Å²) in [5.41, 5.74) is 0.497. The standard InChI is InChI=1S/C38H50F3N5O7/c1-36(2,3)52-31(48)16-23-14-26(38(39,40)41)22-46(21-23)28-8-11-42-19-25(28)17-29(47)32-33-30(51-34(32)44-35(49)53-37(4,5)6)15-24(18-43-33)20-45-12-9-27(50-7)10-13-45/h8,11,15,18-19,23,26-27H,9-10,12-14,16-17,20-22H2,1-7H3,(H,44,49)/t23-,26-/m1/s1. The average Bonchev–Trinajstić information content (AvgIpc) is 3.39. The van der Waals surface area contributed by atoms with Crippen LogP contribution in [0.2, 0.25) is 0 Å². The number of fused-ring (bicyclic) bond motifs is 1. The number of likely N-dealkylation sites (tertiary alicyclic amines) is 1. The molecule has 3 aromatic heterocycles. The van der Waals surface area contributed by atoms with E-state index in [1.54, 1.807) is 71.9 Å². The van der Waals surface area contributed by atoms with E-state index in [-0.39, 0.29) is 61.0 Å². The predicted octanol–water partition coefficient (Wildman–Crippen LogP) is 7.34. The summed E-state index contributed by atoms with van der Waals surface area (Å²) in [6.45, 7) is 12.3. The Morgan fingerprint density at radius 3 is 2.34 bits per heavy atom. The molecule has 2 saturated heterocycles. The SMILES string of the molecule is COC1CCN(Cc2cnc3c(C(=O)Cc4cnccc4N4C[C@@H](CC(=O)OC(C)(C)C)C[C@@H](C(F)(F)F)C4)c(NC(=O)OC(C)(C)C)oc3c2)CC1. The number of esters is 1. The van der Waals surface area contributed by atoms with Crippen LogP contribution in [0.3, 0.4) is 0 Å². The number of rotatable bonds is 10. The third-order valence-corrected chi connectivity index (χ3v) is 9.20. The third-order valence-electron chi connectivity index (χ3n) is 9.20. The Morgan fingerprint density at radius 1 is 1.00 bits per heavy atom. The number of nitrogens with one attached hydrogen (secondary N) is 1. The normalized spacial score (nSPS) is 19.3. The molecular weight excluding hydrogens is 695 g/mol. The zero-order valence-corrected chi connectivity index (χ0v) is 31.5. The topological polar surface area (TPSA) is 136 Å². The predicted molar refractivity (Wildman–Crippen MR) is 192 cm³/mol. The van der Waals surface area contributed by atoms with Crippen molar-refractivity contribution in [3.63, 3.8) is 0 Å². The fourth-order valence-corrected chi connectivity index (χ4v) is 6.94. The lowest BCUT2D eigenvalue weighted by molar-refractivity contribution is -0.181. The number of aromatic nitrogens is 2. The molecule has 0 aromatic carbocycles. The van der Waals surface area contributed by atoms with E-state index >= 15 is 0 Å². The number of alkyl halides is 3. The van der Waals surface area contributed by atoms with Crippen LogP contribution in [0.25, 0.3) is 11.1 Å². The van der Waals surface area contributed by atoms with Gasteiger partial charge in [-0.25, -0.2) is 4.79 Å². The molecule has 2 atom stereocenters. The summed E-state index contributed by atoms with van der Waals surface area (Å²) in [5.74, 6) is -3.57. The third kappa shape index (κ3) is 10.9. The molecule has 0 aliphatic carbocycles. The van der Waals surface area contributed by atoms with Gasteiger partial charge < -0.3 is 23.5 Å². The zero-order valence-electron chi connectivity index (χ0n) is 31.5. The van der Waals surface area contributed by atoms with Crippen LogP contribution in [-0.4, -0.2) is 89.5 Å². The van der Waals surface area contributed by atoms with E-state index in [0.717, 1.165) is 31.5 Å². The molecule has 1 N–H and O–H groups in total. The molecule has 53 heavy (non-hydrogen) atoms. The van der Waals surface area contributed by atoms with Crippen LogP contribution in [0, 0.1) is 11.8 Å². The number of pyridine rings is 2. The molecule has 15 heteroatoms. The van der Waals surface area contributed by atoms with Crippen molar-refractivity contribution in [1.29, 1.82) is 0 Å². The van der Waals surface area contributed by atoms with Gasteiger partial charge in [-0.3, -0.25) is 29.8 Å². The fourth-order valence-electron chi connectivity index (χ4n) is 6.94. The molecule has 2 aliphatic rings. The van der Waals surface area contributed by atoms with Crippen LogP contribution in [0.1, 0.15) is 88.7 Å². The second kappa shape index (κ2) is 16.0. The number of hydrogen-bond acceptors (Lipinski definition) is 11. The van der Waals surface area contributed by atoms with Gasteiger partial charge in [-0.2, -0.15) is 13.2 Å². The first kappa shape index (κ1) is 40.0. The smallest absolute Gasteiger partial charge is 0.414 e. The van der Waals surface area contributed by atoms with E-state index in [1.165, 1.54) is 12.4 Å². The quantitative estimate of drug-likeness (QED) is 0.165. The number of piperidine rings is 2. The van der Waals surface area contributed by atoms with Crippen molar-refractivity contribution in [3.05, 3.63) is 47.4 Å². The van der Waals surface area contributed by atoms with Gasteiger partial charge in [0.1, 0.15) is 22.3 Å². The number of Topliss-reactive ketones (excluding diaryl/α,β-unsaturated/α-hetero) is 1. The van der Waals surface area contributed by atoms with Gasteiger partial charge in [-0.1, -0.05) is 0 Å². The molecule has 0 radical (unpaired) electrons. The average molecular weight is 746 g/mol. The van der Waals surface area contributed by atoms with Gasteiger partial charge in [-0.15, -0.1) is 0 Å². The molecule has 3 aromatic rings. The molecule has 2 aliphatic heterocycles. The van der Waals surface area contributed by atoms with Crippen molar-refractivity contribution >= 4 is 40.5 Å². The molecule has 12 nitrogen and oxygen atoms in total. The Balaban J connectivity index is 1.43. The first-order valence-corrected chi connectivity index (χ1v) is 17.9. The van der Waals surface area contributed by atoms with Crippen LogP contribution in [0.5, 0.6) is 0 Å². The van der Waals surface area contributed by atoms with Gasteiger partial charge in [0.25, 0.3) is 0 Å².